The van der Waals surface area contributed by atoms with Gasteiger partial charge in [-0.2, -0.15) is 5.10 Å². The summed E-state index contributed by atoms with van der Waals surface area (Å²) in [5.41, 5.74) is 1.70. The van der Waals surface area contributed by atoms with Crippen LogP contribution in [0.1, 0.15) is 17.3 Å². The number of hydrogen-bond donors (Lipinski definition) is 1. The van der Waals surface area contributed by atoms with Gasteiger partial charge in [-0.15, -0.1) is 0 Å². The smallest absolute Gasteiger partial charge is 0.218 e. The van der Waals surface area contributed by atoms with Crippen LogP contribution in [0.3, 0.4) is 0 Å². The normalized spacial score (nSPS) is 20.2. The summed E-state index contributed by atoms with van der Waals surface area (Å²) >= 11 is 0. The molecule has 0 aliphatic carbocycles. The largest absolute Gasteiger partial charge is 0.384 e. The summed E-state index contributed by atoms with van der Waals surface area (Å²) < 4.78 is 32.9. The lowest BCUT2D eigenvalue weighted by atomic mass is 9.96. The highest BCUT2D eigenvalue weighted by atomic mass is 32.2. The number of sulfonamides is 1. The molecule has 29 heavy (non-hydrogen) atoms. The molecule has 2 heterocycles. The first-order valence-corrected chi connectivity index (χ1v) is 11.2. The fourth-order valence-corrected chi connectivity index (χ4v) is 5.39. The summed E-state index contributed by atoms with van der Waals surface area (Å²) in [6.45, 7) is 1.24. The molecule has 0 amide bonds. The zero-order valence-corrected chi connectivity index (χ0v) is 17.0. The van der Waals surface area contributed by atoms with Gasteiger partial charge in [-0.1, -0.05) is 60.7 Å². The Hall–Kier alpha value is -2.55. The number of H-pyrrole nitrogens is 1. The number of ether oxygens (including phenoxy) is 1. The molecule has 0 saturated carbocycles. The molecule has 8 heteroatoms. The standard InChI is InChI=1S/C21H24N4O3S/c1-28-14-18-12-25(29(26,27)15-16-8-4-2-5-9-16)13-19(18)21-22-20(23-24-21)17-10-6-3-7-11-17/h2-11,18-19H,12-15H2,1H3,(H,22,23,24). The molecule has 2 atom stereocenters. The van der Waals surface area contributed by atoms with Gasteiger partial charge in [-0.25, -0.2) is 17.7 Å². The number of benzene rings is 2. The lowest BCUT2D eigenvalue weighted by Gasteiger charge is -2.16. The number of nitrogens with one attached hydrogen (secondary N) is 1. The molecule has 0 bridgehead atoms. The second kappa shape index (κ2) is 8.44. The van der Waals surface area contributed by atoms with Gasteiger partial charge in [0.15, 0.2) is 5.82 Å². The summed E-state index contributed by atoms with van der Waals surface area (Å²) in [6, 6.07) is 19.0. The van der Waals surface area contributed by atoms with Gasteiger partial charge in [-0.3, -0.25) is 5.10 Å². The van der Waals surface area contributed by atoms with Crippen LogP contribution in [0.25, 0.3) is 11.4 Å². The Labute approximate surface area is 170 Å². The average molecular weight is 413 g/mol. The van der Waals surface area contributed by atoms with E-state index < -0.39 is 10.0 Å². The van der Waals surface area contributed by atoms with Crippen molar-refractivity contribution in [3.8, 4) is 11.4 Å². The first kappa shape index (κ1) is 19.8. The van der Waals surface area contributed by atoms with Gasteiger partial charge in [0.05, 0.1) is 12.4 Å². The monoisotopic (exact) mass is 412 g/mol. The van der Waals surface area contributed by atoms with Crippen molar-refractivity contribution in [1.29, 1.82) is 0 Å². The molecule has 2 unspecified atom stereocenters. The molecule has 0 radical (unpaired) electrons. The van der Waals surface area contributed by atoms with Crippen molar-refractivity contribution in [3.05, 3.63) is 72.1 Å². The minimum atomic E-state index is -3.43. The van der Waals surface area contributed by atoms with Crippen molar-refractivity contribution in [2.75, 3.05) is 26.8 Å². The summed E-state index contributed by atoms with van der Waals surface area (Å²) in [6.07, 6.45) is 0. The SMILES string of the molecule is COCC1CN(S(=O)(=O)Cc2ccccc2)CC1c1nc(-c2ccccc2)n[nH]1. The zero-order valence-electron chi connectivity index (χ0n) is 16.2. The Balaban J connectivity index is 1.55. The van der Waals surface area contributed by atoms with Gasteiger partial charge in [0.25, 0.3) is 0 Å². The van der Waals surface area contributed by atoms with Crippen molar-refractivity contribution >= 4 is 10.0 Å². The fraction of sp³-hybridized carbons (Fsp3) is 0.333. The van der Waals surface area contributed by atoms with Crippen LogP contribution < -0.4 is 0 Å². The van der Waals surface area contributed by atoms with E-state index in [0.29, 0.717) is 31.3 Å². The van der Waals surface area contributed by atoms with Crippen LogP contribution in [0, 0.1) is 5.92 Å². The molecule has 1 aliphatic rings. The molecule has 0 spiro atoms. The van der Waals surface area contributed by atoms with Crippen LogP contribution in [0.15, 0.2) is 60.7 Å². The van der Waals surface area contributed by atoms with E-state index in [1.165, 1.54) is 0 Å². The van der Waals surface area contributed by atoms with Crippen molar-refractivity contribution < 1.29 is 13.2 Å². The third-order valence-corrected chi connectivity index (χ3v) is 7.04. The van der Waals surface area contributed by atoms with E-state index in [0.717, 1.165) is 11.1 Å². The molecule has 7 nitrogen and oxygen atoms in total. The van der Waals surface area contributed by atoms with Crippen LogP contribution in [0.4, 0.5) is 0 Å². The number of rotatable bonds is 7. The van der Waals surface area contributed by atoms with Gasteiger partial charge < -0.3 is 4.74 Å². The molecule has 1 aliphatic heterocycles. The van der Waals surface area contributed by atoms with Crippen molar-refractivity contribution in [2.24, 2.45) is 5.92 Å². The van der Waals surface area contributed by atoms with Gasteiger partial charge in [-0.05, 0) is 5.56 Å². The molecule has 1 N–H and O–H groups in total. The lowest BCUT2D eigenvalue weighted by molar-refractivity contribution is 0.150. The lowest BCUT2D eigenvalue weighted by Crippen LogP contribution is -2.30. The minimum Gasteiger partial charge on any atom is -0.384 e. The summed E-state index contributed by atoms with van der Waals surface area (Å²) in [7, 11) is -1.80. The molecule has 1 aromatic heterocycles. The second-order valence-corrected chi connectivity index (χ2v) is 9.26. The Kier molecular flexibility index (Phi) is 5.75. The molecular weight excluding hydrogens is 388 g/mol. The summed E-state index contributed by atoms with van der Waals surface area (Å²) in [4.78, 5) is 4.65. The van der Waals surface area contributed by atoms with Crippen LogP contribution in [-0.4, -0.2) is 54.7 Å². The molecule has 1 fully saturated rings. The summed E-state index contributed by atoms with van der Waals surface area (Å²) in [5.74, 6) is 1.23. The van der Waals surface area contributed by atoms with Gasteiger partial charge >= 0.3 is 0 Å². The molecule has 1 saturated heterocycles. The van der Waals surface area contributed by atoms with Crippen molar-refractivity contribution in [2.45, 2.75) is 11.7 Å². The van der Waals surface area contributed by atoms with Crippen LogP contribution >= 0.6 is 0 Å². The average Bonchev–Trinajstić information content (AvgIpc) is 3.37. The number of hydrogen-bond acceptors (Lipinski definition) is 5. The molecule has 2 aromatic carbocycles. The predicted molar refractivity (Wildman–Crippen MR) is 111 cm³/mol. The highest BCUT2D eigenvalue weighted by Crippen LogP contribution is 2.34. The van der Waals surface area contributed by atoms with E-state index >= 15 is 0 Å². The highest BCUT2D eigenvalue weighted by Gasteiger charge is 2.41. The summed E-state index contributed by atoms with van der Waals surface area (Å²) in [5, 5.41) is 7.35. The Morgan fingerprint density at radius 3 is 2.45 bits per heavy atom. The topological polar surface area (TPSA) is 88.2 Å². The number of nitrogens with zero attached hydrogens (tertiary/aromatic N) is 3. The molecular formula is C21H24N4O3S. The second-order valence-electron chi connectivity index (χ2n) is 7.29. The third-order valence-electron chi connectivity index (χ3n) is 5.26. The minimum absolute atomic E-state index is 0.00800. The van der Waals surface area contributed by atoms with E-state index in [9.17, 15) is 8.42 Å². The number of methoxy groups -OCH3 is 1. The van der Waals surface area contributed by atoms with E-state index in [1.807, 2.05) is 60.7 Å². The first-order valence-electron chi connectivity index (χ1n) is 9.55. The fourth-order valence-electron chi connectivity index (χ4n) is 3.78. The Bertz CT molecular complexity index is 1040. The van der Waals surface area contributed by atoms with E-state index in [2.05, 4.69) is 15.2 Å². The van der Waals surface area contributed by atoms with E-state index in [4.69, 9.17) is 4.74 Å². The third kappa shape index (κ3) is 4.39. The predicted octanol–water partition coefficient (Wildman–Crippen LogP) is 2.66. The van der Waals surface area contributed by atoms with Gasteiger partial charge in [0, 0.05) is 37.6 Å². The quantitative estimate of drug-likeness (QED) is 0.645. The molecule has 4 rings (SSSR count). The van der Waals surface area contributed by atoms with Crippen molar-refractivity contribution in [1.82, 2.24) is 19.5 Å². The van der Waals surface area contributed by atoms with Gasteiger partial charge in [0.2, 0.25) is 10.0 Å². The number of aromatic amines is 1. The van der Waals surface area contributed by atoms with E-state index in [1.54, 1.807) is 11.4 Å². The highest BCUT2D eigenvalue weighted by molar-refractivity contribution is 7.88. The maximum absolute atomic E-state index is 13.0. The number of aromatic nitrogens is 3. The Morgan fingerprint density at radius 1 is 1.07 bits per heavy atom. The van der Waals surface area contributed by atoms with Gasteiger partial charge in [0.1, 0.15) is 5.82 Å². The maximum atomic E-state index is 13.0. The van der Waals surface area contributed by atoms with E-state index in [-0.39, 0.29) is 17.6 Å². The molecule has 152 valence electrons. The molecule has 3 aromatic rings. The zero-order chi connectivity index (χ0) is 20.3. The van der Waals surface area contributed by atoms with Crippen LogP contribution in [-0.2, 0) is 20.5 Å². The maximum Gasteiger partial charge on any atom is 0.218 e. The first-order chi connectivity index (χ1) is 14.1. The van der Waals surface area contributed by atoms with Crippen molar-refractivity contribution in [3.63, 3.8) is 0 Å². The van der Waals surface area contributed by atoms with Crippen LogP contribution in [0.2, 0.25) is 0 Å². The van der Waals surface area contributed by atoms with Crippen LogP contribution in [0.5, 0.6) is 0 Å². The Morgan fingerprint density at radius 2 is 1.76 bits per heavy atom.